The van der Waals surface area contributed by atoms with Gasteiger partial charge in [-0.2, -0.15) is 0 Å². The lowest BCUT2D eigenvalue weighted by molar-refractivity contribution is -0.116. The van der Waals surface area contributed by atoms with Crippen molar-refractivity contribution in [1.82, 2.24) is 15.6 Å². The number of carbonyl (C=O) groups is 1. The zero-order chi connectivity index (χ0) is 14.0. The molecule has 2 rings (SSSR count). The van der Waals surface area contributed by atoms with Gasteiger partial charge >= 0.3 is 0 Å². The van der Waals surface area contributed by atoms with Gasteiger partial charge in [-0.1, -0.05) is 6.07 Å². The summed E-state index contributed by atoms with van der Waals surface area (Å²) in [5, 5.41) is 6.10. The Balaban J connectivity index is 1.59. The lowest BCUT2D eigenvalue weighted by Crippen LogP contribution is -2.34. The Kier molecular flexibility index (Phi) is 6.20. The van der Waals surface area contributed by atoms with E-state index in [1.807, 2.05) is 12.1 Å². The Hall–Kier alpha value is -1.72. The van der Waals surface area contributed by atoms with Crippen LogP contribution in [-0.2, 0) is 9.53 Å². The molecule has 1 aliphatic heterocycles. The maximum Gasteiger partial charge on any atom is 0.244 e. The third-order valence-corrected chi connectivity index (χ3v) is 3.15. The first-order chi connectivity index (χ1) is 9.84. The summed E-state index contributed by atoms with van der Waals surface area (Å²) in [6, 6.07) is 3.74. The van der Waals surface area contributed by atoms with Crippen molar-refractivity contribution in [3.63, 3.8) is 0 Å². The van der Waals surface area contributed by atoms with Gasteiger partial charge in [0.05, 0.1) is 12.7 Å². The van der Waals surface area contributed by atoms with E-state index in [1.165, 1.54) is 6.08 Å². The average molecular weight is 275 g/mol. The monoisotopic (exact) mass is 275 g/mol. The first kappa shape index (κ1) is 14.7. The fraction of sp³-hybridized carbons (Fsp3) is 0.467. The van der Waals surface area contributed by atoms with Crippen LogP contribution in [0.3, 0.4) is 0 Å². The largest absolute Gasteiger partial charge is 0.376 e. The van der Waals surface area contributed by atoms with E-state index in [4.69, 9.17) is 4.74 Å². The van der Waals surface area contributed by atoms with Crippen LogP contribution in [-0.4, -0.2) is 43.2 Å². The number of rotatable bonds is 6. The summed E-state index contributed by atoms with van der Waals surface area (Å²) in [5.41, 5.74) is 0.911. The van der Waals surface area contributed by atoms with Crippen LogP contribution in [0.1, 0.15) is 18.4 Å². The van der Waals surface area contributed by atoms with Crippen molar-refractivity contribution in [2.24, 2.45) is 0 Å². The molecule has 2 heterocycles. The van der Waals surface area contributed by atoms with Gasteiger partial charge in [-0.3, -0.25) is 9.78 Å². The molecular weight excluding hydrogens is 254 g/mol. The summed E-state index contributed by atoms with van der Waals surface area (Å²) in [7, 11) is 0. The minimum absolute atomic E-state index is 0.109. The smallest absolute Gasteiger partial charge is 0.244 e. The molecule has 108 valence electrons. The van der Waals surface area contributed by atoms with Gasteiger partial charge in [0.25, 0.3) is 0 Å². The topological polar surface area (TPSA) is 63.2 Å². The molecule has 0 radical (unpaired) electrons. The van der Waals surface area contributed by atoms with Gasteiger partial charge in [-0.05, 0) is 43.6 Å². The van der Waals surface area contributed by atoms with Gasteiger partial charge in [0, 0.05) is 25.0 Å². The summed E-state index contributed by atoms with van der Waals surface area (Å²) in [5.74, 6) is -0.109. The number of hydrogen-bond acceptors (Lipinski definition) is 4. The van der Waals surface area contributed by atoms with E-state index in [2.05, 4.69) is 15.6 Å². The number of amides is 1. The number of hydrogen-bond donors (Lipinski definition) is 2. The fourth-order valence-corrected chi connectivity index (χ4v) is 2.07. The minimum Gasteiger partial charge on any atom is -0.376 e. The molecule has 1 saturated heterocycles. The summed E-state index contributed by atoms with van der Waals surface area (Å²) < 4.78 is 5.71. The zero-order valence-electron chi connectivity index (χ0n) is 11.5. The van der Waals surface area contributed by atoms with Crippen molar-refractivity contribution >= 4 is 12.0 Å². The molecule has 0 unspecified atom stereocenters. The molecule has 0 atom stereocenters. The van der Waals surface area contributed by atoms with E-state index in [-0.39, 0.29) is 5.91 Å². The molecule has 5 heteroatoms. The molecule has 1 aromatic rings. The lowest BCUT2D eigenvalue weighted by atomic mass is 10.1. The van der Waals surface area contributed by atoms with Gasteiger partial charge in [0.2, 0.25) is 5.91 Å². The highest BCUT2D eigenvalue weighted by atomic mass is 16.5. The molecule has 0 bridgehead atoms. The standard InChI is InChI=1S/C15H21N3O2/c19-15(4-3-13-2-1-7-17-12-13)18-10-11-20-14-5-8-16-9-6-14/h1-4,7,12,14,16H,5-6,8-11H2,(H,18,19)/b4-3+. The molecule has 1 aromatic heterocycles. The normalized spacial score (nSPS) is 16.4. The van der Waals surface area contributed by atoms with Crippen LogP contribution in [0.5, 0.6) is 0 Å². The maximum absolute atomic E-state index is 11.6. The van der Waals surface area contributed by atoms with Crippen LogP contribution < -0.4 is 10.6 Å². The number of nitrogens with one attached hydrogen (secondary N) is 2. The van der Waals surface area contributed by atoms with Crippen LogP contribution in [0.15, 0.2) is 30.6 Å². The highest BCUT2D eigenvalue weighted by Gasteiger charge is 2.12. The van der Waals surface area contributed by atoms with E-state index in [0.717, 1.165) is 31.5 Å². The van der Waals surface area contributed by atoms with Crippen molar-refractivity contribution < 1.29 is 9.53 Å². The van der Waals surface area contributed by atoms with Gasteiger partial charge in [-0.25, -0.2) is 0 Å². The highest BCUT2D eigenvalue weighted by Crippen LogP contribution is 2.06. The van der Waals surface area contributed by atoms with Crippen LogP contribution in [0.4, 0.5) is 0 Å². The number of piperidine rings is 1. The molecule has 0 aliphatic carbocycles. The summed E-state index contributed by atoms with van der Waals surface area (Å²) in [4.78, 5) is 15.6. The van der Waals surface area contributed by atoms with Crippen LogP contribution in [0, 0.1) is 0 Å². The number of nitrogens with zero attached hydrogens (tertiary/aromatic N) is 1. The maximum atomic E-state index is 11.6. The van der Waals surface area contributed by atoms with Crippen molar-refractivity contribution in [2.75, 3.05) is 26.2 Å². The van der Waals surface area contributed by atoms with Crippen LogP contribution >= 0.6 is 0 Å². The summed E-state index contributed by atoms with van der Waals surface area (Å²) >= 11 is 0. The molecule has 1 aliphatic rings. The molecule has 2 N–H and O–H groups in total. The third kappa shape index (κ3) is 5.50. The lowest BCUT2D eigenvalue weighted by Gasteiger charge is -2.22. The first-order valence-electron chi connectivity index (χ1n) is 7.03. The van der Waals surface area contributed by atoms with E-state index < -0.39 is 0 Å². The van der Waals surface area contributed by atoms with E-state index in [1.54, 1.807) is 18.5 Å². The Morgan fingerprint density at radius 3 is 3.10 bits per heavy atom. The zero-order valence-corrected chi connectivity index (χ0v) is 11.5. The fourth-order valence-electron chi connectivity index (χ4n) is 2.07. The molecule has 20 heavy (non-hydrogen) atoms. The van der Waals surface area contributed by atoms with Crippen LogP contribution in [0.2, 0.25) is 0 Å². The molecule has 0 spiro atoms. The van der Waals surface area contributed by atoms with Gasteiger partial charge in [-0.15, -0.1) is 0 Å². The second-order valence-electron chi connectivity index (χ2n) is 4.73. The second-order valence-corrected chi connectivity index (χ2v) is 4.73. The predicted octanol–water partition coefficient (Wildman–Crippen LogP) is 0.980. The van der Waals surface area contributed by atoms with Crippen molar-refractivity contribution in [3.05, 3.63) is 36.2 Å². The van der Waals surface area contributed by atoms with Crippen molar-refractivity contribution in [3.8, 4) is 0 Å². The van der Waals surface area contributed by atoms with Crippen molar-refractivity contribution in [2.45, 2.75) is 18.9 Å². The number of carbonyl (C=O) groups excluding carboxylic acids is 1. The number of aromatic nitrogens is 1. The van der Waals surface area contributed by atoms with Crippen LogP contribution in [0.25, 0.3) is 6.08 Å². The summed E-state index contributed by atoms with van der Waals surface area (Å²) in [6.45, 7) is 3.15. The first-order valence-corrected chi connectivity index (χ1v) is 7.03. The quantitative estimate of drug-likeness (QED) is 0.600. The number of ether oxygens (including phenoxy) is 1. The minimum atomic E-state index is -0.109. The second kappa shape index (κ2) is 8.45. The van der Waals surface area contributed by atoms with Gasteiger partial charge < -0.3 is 15.4 Å². The number of pyridine rings is 1. The van der Waals surface area contributed by atoms with Gasteiger partial charge in [0.15, 0.2) is 0 Å². The van der Waals surface area contributed by atoms with E-state index >= 15 is 0 Å². The van der Waals surface area contributed by atoms with E-state index in [9.17, 15) is 4.79 Å². The van der Waals surface area contributed by atoms with Gasteiger partial charge in [0.1, 0.15) is 0 Å². The molecule has 0 saturated carbocycles. The Bertz CT molecular complexity index is 428. The molecule has 5 nitrogen and oxygen atoms in total. The Labute approximate surface area is 119 Å². The molecule has 1 fully saturated rings. The summed E-state index contributed by atoms with van der Waals surface area (Å²) in [6.07, 6.45) is 9.11. The van der Waals surface area contributed by atoms with E-state index in [0.29, 0.717) is 19.3 Å². The molecule has 1 amide bonds. The predicted molar refractivity (Wildman–Crippen MR) is 78.1 cm³/mol. The molecular formula is C15H21N3O2. The average Bonchev–Trinajstić information content (AvgIpc) is 2.52. The highest BCUT2D eigenvalue weighted by molar-refractivity contribution is 5.91. The Morgan fingerprint density at radius 1 is 1.50 bits per heavy atom. The third-order valence-electron chi connectivity index (χ3n) is 3.15. The SMILES string of the molecule is O=C(/C=C/c1cccnc1)NCCOC1CCNCC1. The Morgan fingerprint density at radius 2 is 2.35 bits per heavy atom. The molecule has 0 aromatic carbocycles. The van der Waals surface area contributed by atoms with Crippen molar-refractivity contribution in [1.29, 1.82) is 0 Å².